The van der Waals surface area contributed by atoms with Gasteiger partial charge in [0.25, 0.3) is 5.89 Å². The van der Waals surface area contributed by atoms with E-state index in [-0.39, 0.29) is 0 Å². The molecule has 4 heterocycles. The Kier molecular flexibility index (Phi) is 1.46. The minimum absolute atomic E-state index is 0.642. The third-order valence-corrected chi connectivity index (χ3v) is 3.62. The first-order chi connectivity index (χ1) is 9.42. The number of aromatic nitrogens is 4. The Labute approximate surface area is 107 Å². The van der Waals surface area contributed by atoms with Crippen LogP contribution in [0.5, 0.6) is 0 Å². The minimum Gasteiger partial charge on any atom is -0.395 e. The summed E-state index contributed by atoms with van der Waals surface area (Å²) in [4.78, 5) is 8.66. The van der Waals surface area contributed by atoms with Gasteiger partial charge in [-0.25, -0.2) is 0 Å². The van der Waals surface area contributed by atoms with Crippen LogP contribution in [-0.2, 0) is 6.54 Å². The fourth-order valence-corrected chi connectivity index (χ4v) is 2.80. The van der Waals surface area contributed by atoms with Crippen LogP contribution < -0.4 is 4.57 Å². The van der Waals surface area contributed by atoms with Gasteiger partial charge < -0.3 is 4.42 Å². The standard InChI is InChI=1S/C14H9N4O/c1-2-5-10-9(4-1)8-18-12-11(19-13(10)18)16-14-15-6-3-7-17(12)14/h1-7H,8H2/q+1. The molecule has 90 valence electrons. The van der Waals surface area contributed by atoms with Crippen LogP contribution in [0.4, 0.5) is 0 Å². The fraction of sp³-hybridized carbons (Fsp3) is 0.0714. The van der Waals surface area contributed by atoms with Gasteiger partial charge in [0.15, 0.2) is 0 Å². The van der Waals surface area contributed by atoms with Crippen LogP contribution in [0.3, 0.4) is 0 Å². The van der Waals surface area contributed by atoms with E-state index in [0.717, 1.165) is 23.6 Å². The topological polar surface area (TPSA) is 47.2 Å². The number of nitrogens with zero attached hydrogens (tertiary/aromatic N) is 4. The molecule has 0 amide bonds. The predicted octanol–water partition coefficient (Wildman–Crippen LogP) is 1.79. The lowest BCUT2D eigenvalue weighted by molar-refractivity contribution is -0.651. The van der Waals surface area contributed by atoms with Crippen molar-refractivity contribution in [3.8, 4) is 11.5 Å². The number of oxazole rings is 1. The molecule has 0 saturated heterocycles. The molecule has 5 rings (SSSR count). The van der Waals surface area contributed by atoms with E-state index in [1.165, 1.54) is 5.56 Å². The lowest BCUT2D eigenvalue weighted by atomic mass is 10.1. The van der Waals surface area contributed by atoms with Crippen molar-refractivity contribution in [3.63, 3.8) is 0 Å². The zero-order valence-corrected chi connectivity index (χ0v) is 9.95. The average molecular weight is 249 g/mol. The second-order valence-electron chi connectivity index (χ2n) is 4.68. The van der Waals surface area contributed by atoms with Gasteiger partial charge in [-0.2, -0.15) is 14.0 Å². The Morgan fingerprint density at radius 3 is 3.16 bits per heavy atom. The highest BCUT2D eigenvalue weighted by molar-refractivity contribution is 5.71. The molecule has 0 saturated carbocycles. The third kappa shape index (κ3) is 1.03. The van der Waals surface area contributed by atoms with Crippen LogP contribution in [0.2, 0.25) is 0 Å². The van der Waals surface area contributed by atoms with Crippen molar-refractivity contribution in [3.05, 3.63) is 48.3 Å². The van der Waals surface area contributed by atoms with E-state index in [2.05, 4.69) is 32.7 Å². The molecule has 4 aromatic rings. The molecule has 5 nitrogen and oxygen atoms in total. The van der Waals surface area contributed by atoms with Gasteiger partial charge in [-0.1, -0.05) is 18.2 Å². The lowest BCUT2D eigenvalue weighted by Crippen LogP contribution is -2.31. The minimum atomic E-state index is 0.642. The van der Waals surface area contributed by atoms with E-state index >= 15 is 0 Å². The van der Waals surface area contributed by atoms with E-state index in [1.54, 1.807) is 6.20 Å². The van der Waals surface area contributed by atoms with E-state index in [0.29, 0.717) is 11.5 Å². The maximum absolute atomic E-state index is 5.91. The highest BCUT2D eigenvalue weighted by atomic mass is 16.4. The summed E-state index contributed by atoms with van der Waals surface area (Å²) in [5.41, 5.74) is 4.04. The van der Waals surface area contributed by atoms with Crippen LogP contribution in [0.1, 0.15) is 5.56 Å². The Hall–Kier alpha value is -2.69. The molecule has 0 N–H and O–H groups in total. The zero-order chi connectivity index (χ0) is 12.4. The Bertz CT molecular complexity index is 951. The first-order valence-corrected chi connectivity index (χ1v) is 6.15. The van der Waals surface area contributed by atoms with Gasteiger partial charge in [-0.05, 0) is 12.1 Å². The SMILES string of the molecule is c1ccc2c(c1)C[n+]1c-2oc2nc3ncccn3c21. The molecule has 0 radical (unpaired) electrons. The maximum Gasteiger partial charge on any atom is 0.356 e. The Morgan fingerprint density at radius 1 is 1.21 bits per heavy atom. The third-order valence-electron chi connectivity index (χ3n) is 3.62. The molecule has 0 unspecified atom stereocenters. The molecule has 0 bridgehead atoms. The summed E-state index contributed by atoms with van der Waals surface area (Å²) in [7, 11) is 0. The Balaban J connectivity index is 1.94. The van der Waals surface area contributed by atoms with Gasteiger partial charge >= 0.3 is 17.1 Å². The average Bonchev–Trinajstić information content (AvgIpc) is 3.05. The molecule has 0 atom stereocenters. The summed E-state index contributed by atoms with van der Waals surface area (Å²) in [6, 6.07) is 10.2. The molecular formula is C14H9N4O+. The van der Waals surface area contributed by atoms with Gasteiger partial charge in [0.2, 0.25) is 0 Å². The first-order valence-electron chi connectivity index (χ1n) is 6.15. The monoisotopic (exact) mass is 249 g/mol. The van der Waals surface area contributed by atoms with Crippen LogP contribution >= 0.6 is 0 Å². The summed E-state index contributed by atoms with van der Waals surface area (Å²) in [5, 5.41) is 0. The van der Waals surface area contributed by atoms with Crippen molar-refractivity contribution >= 4 is 17.1 Å². The molecule has 3 aromatic heterocycles. The summed E-state index contributed by atoms with van der Waals surface area (Å²) in [6.07, 6.45) is 3.70. The normalized spacial score (nSPS) is 13.1. The Morgan fingerprint density at radius 2 is 2.16 bits per heavy atom. The highest BCUT2D eigenvalue weighted by Gasteiger charge is 2.33. The molecule has 0 fully saturated rings. The molecule has 0 spiro atoms. The second-order valence-corrected chi connectivity index (χ2v) is 4.68. The van der Waals surface area contributed by atoms with Crippen molar-refractivity contribution in [2.45, 2.75) is 6.54 Å². The van der Waals surface area contributed by atoms with Crippen LogP contribution in [-0.4, -0.2) is 14.4 Å². The van der Waals surface area contributed by atoms with Crippen LogP contribution in [0.25, 0.3) is 28.6 Å². The maximum atomic E-state index is 5.91. The van der Waals surface area contributed by atoms with Crippen molar-refractivity contribution in [1.82, 2.24) is 14.4 Å². The van der Waals surface area contributed by atoms with E-state index in [9.17, 15) is 0 Å². The van der Waals surface area contributed by atoms with E-state index < -0.39 is 0 Å². The number of benzene rings is 1. The highest BCUT2D eigenvalue weighted by Crippen LogP contribution is 2.30. The molecular weight excluding hydrogens is 240 g/mol. The zero-order valence-electron chi connectivity index (χ0n) is 9.95. The first kappa shape index (κ1) is 9.27. The molecule has 19 heavy (non-hydrogen) atoms. The van der Waals surface area contributed by atoms with Gasteiger partial charge in [-0.3, -0.25) is 0 Å². The van der Waals surface area contributed by atoms with Gasteiger partial charge in [0, 0.05) is 11.8 Å². The van der Waals surface area contributed by atoms with Gasteiger partial charge in [-0.15, -0.1) is 4.98 Å². The summed E-state index contributed by atoms with van der Waals surface area (Å²) >= 11 is 0. The quantitative estimate of drug-likeness (QED) is 0.393. The number of hydrogen-bond donors (Lipinski definition) is 0. The van der Waals surface area contributed by atoms with Gasteiger partial charge in [0.1, 0.15) is 12.7 Å². The molecule has 1 aliphatic rings. The van der Waals surface area contributed by atoms with Crippen LogP contribution in [0, 0.1) is 0 Å². The summed E-state index contributed by atoms with van der Waals surface area (Å²) < 4.78 is 10.0. The number of imidazole rings is 1. The van der Waals surface area contributed by atoms with Crippen molar-refractivity contribution in [1.29, 1.82) is 0 Å². The van der Waals surface area contributed by atoms with Crippen molar-refractivity contribution < 1.29 is 8.98 Å². The van der Waals surface area contributed by atoms with Gasteiger partial charge in [0.05, 0.1) is 5.56 Å². The predicted molar refractivity (Wildman–Crippen MR) is 67.5 cm³/mol. The number of hydrogen-bond acceptors (Lipinski definition) is 3. The second kappa shape index (κ2) is 3.00. The van der Waals surface area contributed by atoms with Crippen LogP contribution in [0.15, 0.2) is 47.1 Å². The molecule has 5 heteroatoms. The van der Waals surface area contributed by atoms with Crippen molar-refractivity contribution in [2.75, 3.05) is 0 Å². The number of rotatable bonds is 0. The summed E-state index contributed by atoms with van der Waals surface area (Å²) in [6.45, 7) is 0.821. The van der Waals surface area contributed by atoms with Crippen molar-refractivity contribution in [2.24, 2.45) is 0 Å². The lowest BCUT2D eigenvalue weighted by Gasteiger charge is -1.90. The van der Waals surface area contributed by atoms with E-state index in [4.69, 9.17) is 4.42 Å². The van der Waals surface area contributed by atoms with E-state index in [1.807, 2.05) is 22.7 Å². The smallest absolute Gasteiger partial charge is 0.356 e. The molecule has 1 aromatic carbocycles. The fourth-order valence-electron chi connectivity index (χ4n) is 2.80. The molecule has 1 aliphatic heterocycles. The number of fused-ring (bicyclic) bond motifs is 7. The summed E-state index contributed by atoms with van der Waals surface area (Å²) in [5.74, 6) is 1.55. The largest absolute Gasteiger partial charge is 0.395 e. The molecule has 0 aliphatic carbocycles.